The average Bonchev–Trinajstić information content (AvgIpc) is 3.22. The molecule has 6 nitrogen and oxygen atoms in total. The van der Waals surface area contributed by atoms with Crippen LogP contribution in [0.4, 0.5) is 5.69 Å². The van der Waals surface area contributed by atoms with Gasteiger partial charge in [0, 0.05) is 38.4 Å². The second-order valence-corrected chi connectivity index (χ2v) is 6.84. The van der Waals surface area contributed by atoms with Crippen LogP contribution in [0.3, 0.4) is 0 Å². The van der Waals surface area contributed by atoms with Crippen molar-refractivity contribution in [3.8, 4) is 11.5 Å². The van der Waals surface area contributed by atoms with E-state index in [1.807, 2.05) is 25.2 Å². The lowest BCUT2D eigenvalue weighted by molar-refractivity contribution is 0.398. The number of anilines is 1. The molecule has 0 aromatic heterocycles. The zero-order chi connectivity index (χ0) is 19.8. The highest BCUT2D eigenvalue weighted by atomic mass is 127. The molecule has 0 spiro atoms. The molecule has 1 aliphatic rings. The molecular weight excluding hydrogens is 479 g/mol. The van der Waals surface area contributed by atoms with Crippen LogP contribution >= 0.6 is 24.0 Å². The van der Waals surface area contributed by atoms with Crippen molar-refractivity contribution in [2.75, 3.05) is 45.8 Å². The third kappa shape index (κ3) is 6.42. The zero-order valence-electron chi connectivity index (χ0n) is 17.4. The predicted octanol–water partition coefficient (Wildman–Crippen LogP) is 3.31. The van der Waals surface area contributed by atoms with E-state index in [9.17, 15) is 0 Å². The van der Waals surface area contributed by atoms with Gasteiger partial charge in [-0.05, 0) is 48.7 Å². The van der Waals surface area contributed by atoms with Crippen LogP contribution in [0.2, 0.25) is 0 Å². The quantitative estimate of drug-likeness (QED) is 0.340. The molecule has 1 saturated heterocycles. The van der Waals surface area contributed by atoms with E-state index in [4.69, 9.17) is 9.47 Å². The molecule has 2 aromatic carbocycles. The number of halogens is 1. The largest absolute Gasteiger partial charge is 0.497 e. The Labute approximate surface area is 190 Å². The van der Waals surface area contributed by atoms with Crippen LogP contribution in [0.5, 0.6) is 11.5 Å². The Balaban J connectivity index is 0.00000300. The highest BCUT2D eigenvalue weighted by Gasteiger charge is 2.23. The van der Waals surface area contributed by atoms with E-state index in [1.165, 1.54) is 5.69 Å². The SMILES string of the molecule is CN=C(NCCc1cc(OC)ccc1OC)NC1CCN(c2ccccc2)C1.I. The number of ether oxygens (including phenoxy) is 2. The van der Waals surface area contributed by atoms with Crippen LogP contribution in [-0.4, -0.2) is 52.9 Å². The van der Waals surface area contributed by atoms with Gasteiger partial charge in [-0.25, -0.2) is 0 Å². The van der Waals surface area contributed by atoms with Gasteiger partial charge >= 0.3 is 0 Å². The van der Waals surface area contributed by atoms with E-state index >= 15 is 0 Å². The first-order chi connectivity index (χ1) is 13.7. The third-order valence-corrected chi connectivity index (χ3v) is 5.05. The van der Waals surface area contributed by atoms with Crippen LogP contribution in [-0.2, 0) is 6.42 Å². The molecule has 1 unspecified atom stereocenters. The van der Waals surface area contributed by atoms with E-state index in [2.05, 4.69) is 50.9 Å². The van der Waals surface area contributed by atoms with Gasteiger partial charge in [-0.15, -0.1) is 24.0 Å². The number of nitrogens with one attached hydrogen (secondary N) is 2. The van der Waals surface area contributed by atoms with Crippen molar-refractivity contribution in [1.82, 2.24) is 10.6 Å². The Morgan fingerprint density at radius 2 is 1.93 bits per heavy atom. The maximum absolute atomic E-state index is 5.46. The molecule has 0 saturated carbocycles. The topological polar surface area (TPSA) is 58.1 Å². The minimum atomic E-state index is 0. The molecule has 0 bridgehead atoms. The number of hydrogen-bond donors (Lipinski definition) is 2. The first kappa shape index (κ1) is 23.1. The smallest absolute Gasteiger partial charge is 0.191 e. The number of para-hydroxylation sites is 1. The monoisotopic (exact) mass is 510 g/mol. The Hall–Kier alpha value is -2.16. The van der Waals surface area contributed by atoms with Gasteiger partial charge in [0.1, 0.15) is 11.5 Å². The average molecular weight is 510 g/mol. The van der Waals surface area contributed by atoms with E-state index in [0.717, 1.165) is 55.5 Å². The molecule has 7 heteroatoms. The van der Waals surface area contributed by atoms with Crippen LogP contribution in [0.15, 0.2) is 53.5 Å². The zero-order valence-corrected chi connectivity index (χ0v) is 19.7. The third-order valence-electron chi connectivity index (χ3n) is 5.05. The molecule has 29 heavy (non-hydrogen) atoms. The van der Waals surface area contributed by atoms with Crippen molar-refractivity contribution in [1.29, 1.82) is 0 Å². The minimum absolute atomic E-state index is 0. The van der Waals surface area contributed by atoms with Crippen molar-refractivity contribution in [3.63, 3.8) is 0 Å². The predicted molar refractivity (Wildman–Crippen MR) is 130 cm³/mol. The van der Waals surface area contributed by atoms with E-state index in [-0.39, 0.29) is 24.0 Å². The molecule has 1 aliphatic heterocycles. The first-order valence-corrected chi connectivity index (χ1v) is 9.71. The standard InChI is InChI=1S/C22H30N4O2.HI/c1-23-22(24-13-11-17-15-20(27-2)9-10-21(17)28-3)25-18-12-14-26(16-18)19-7-5-4-6-8-19;/h4-10,15,18H,11-14,16H2,1-3H3,(H2,23,24,25);1H. The summed E-state index contributed by atoms with van der Waals surface area (Å²) in [4.78, 5) is 6.79. The lowest BCUT2D eigenvalue weighted by Crippen LogP contribution is -2.45. The number of hydrogen-bond acceptors (Lipinski definition) is 4. The fourth-order valence-corrected chi connectivity index (χ4v) is 3.53. The summed E-state index contributed by atoms with van der Waals surface area (Å²) in [6.07, 6.45) is 1.92. The fourth-order valence-electron chi connectivity index (χ4n) is 3.53. The van der Waals surface area contributed by atoms with E-state index in [0.29, 0.717) is 6.04 Å². The minimum Gasteiger partial charge on any atom is -0.497 e. The summed E-state index contributed by atoms with van der Waals surface area (Å²) >= 11 is 0. The van der Waals surface area contributed by atoms with E-state index in [1.54, 1.807) is 14.2 Å². The number of guanidine groups is 1. The summed E-state index contributed by atoms with van der Waals surface area (Å²) < 4.78 is 10.8. The van der Waals surface area contributed by atoms with Gasteiger partial charge in [-0.1, -0.05) is 18.2 Å². The van der Waals surface area contributed by atoms with Gasteiger partial charge in [-0.2, -0.15) is 0 Å². The normalized spacial score (nSPS) is 16.2. The van der Waals surface area contributed by atoms with Gasteiger partial charge in [0.05, 0.1) is 14.2 Å². The highest BCUT2D eigenvalue weighted by Crippen LogP contribution is 2.24. The fraction of sp³-hybridized carbons (Fsp3) is 0.409. The molecule has 0 aliphatic carbocycles. The summed E-state index contributed by atoms with van der Waals surface area (Å²) in [6, 6.07) is 16.8. The summed E-state index contributed by atoms with van der Waals surface area (Å²) in [5.41, 5.74) is 2.39. The highest BCUT2D eigenvalue weighted by molar-refractivity contribution is 14.0. The number of aliphatic imine (C=N–C) groups is 1. The molecule has 1 atom stereocenters. The lowest BCUT2D eigenvalue weighted by atomic mass is 10.1. The maximum Gasteiger partial charge on any atom is 0.191 e. The van der Waals surface area contributed by atoms with Crippen LogP contribution in [0.1, 0.15) is 12.0 Å². The van der Waals surface area contributed by atoms with Crippen LogP contribution < -0.4 is 25.0 Å². The molecular formula is C22H31IN4O2. The van der Waals surface area contributed by atoms with Gasteiger partial charge in [0.25, 0.3) is 0 Å². The van der Waals surface area contributed by atoms with Crippen molar-refractivity contribution < 1.29 is 9.47 Å². The number of nitrogens with zero attached hydrogens (tertiary/aromatic N) is 2. The van der Waals surface area contributed by atoms with Crippen molar-refractivity contribution in [2.24, 2.45) is 4.99 Å². The lowest BCUT2D eigenvalue weighted by Gasteiger charge is -2.20. The molecule has 1 fully saturated rings. The summed E-state index contributed by atoms with van der Waals surface area (Å²) in [6.45, 7) is 2.80. The van der Waals surface area contributed by atoms with Crippen LogP contribution in [0.25, 0.3) is 0 Å². The van der Waals surface area contributed by atoms with Gasteiger partial charge in [0.15, 0.2) is 5.96 Å². The summed E-state index contributed by atoms with van der Waals surface area (Å²) in [5, 5.41) is 6.96. The van der Waals surface area contributed by atoms with Crippen molar-refractivity contribution in [2.45, 2.75) is 18.9 Å². The van der Waals surface area contributed by atoms with Gasteiger partial charge < -0.3 is 25.0 Å². The Morgan fingerprint density at radius 1 is 1.14 bits per heavy atom. The number of rotatable bonds is 7. The maximum atomic E-state index is 5.46. The van der Waals surface area contributed by atoms with E-state index < -0.39 is 0 Å². The summed E-state index contributed by atoms with van der Waals surface area (Å²) in [7, 11) is 5.18. The number of methoxy groups -OCH3 is 2. The van der Waals surface area contributed by atoms with Gasteiger partial charge in [-0.3, -0.25) is 4.99 Å². The Bertz CT molecular complexity index is 786. The molecule has 0 amide bonds. The summed E-state index contributed by atoms with van der Waals surface area (Å²) in [5.74, 6) is 2.55. The van der Waals surface area contributed by atoms with Crippen molar-refractivity contribution >= 4 is 35.6 Å². The molecule has 1 heterocycles. The molecule has 2 aromatic rings. The molecule has 2 N–H and O–H groups in total. The Morgan fingerprint density at radius 3 is 2.62 bits per heavy atom. The molecule has 158 valence electrons. The molecule has 0 radical (unpaired) electrons. The van der Waals surface area contributed by atoms with Crippen LogP contribution in [0, 0.1) is 0 Å². The Kier molecular flexibility index (Phi) is 9.37. The van der Waals surface area contributed by atoms with Gasteiger partial charge in [0.2, 0.25) is 0 Å². The second-order valence-electron chi connectivity index (χ2n) is 6.84. The molecule has 3 rings (SSSR count). The number of benzene rings is 2. The second kappa shape index (κ2) is 11.7. The van der Waals surface area contributed by atoms with Crippen molar-refractivity contribution in [3.05, 3.63) is 54.1 Å². The first-order valence-electron chi connectivity index (χ1n) is 9.71.